The first-order valence-electron chi connectivity index (χ1n) is 12.0. The molecule has 1 amide bonds. The summed E-state index contributed by atoms with van der Waals surface area (Å²) in [5, 5.41) is 16.6. The fraction of sp³-hybridized carbons (Fsp3) is 0.440. The number of fused-ring (bicyclic) bond motifs is 1. The number of β-amino-alcohol motifs (C(OH)–C–C–N with tert-alkyl or cyclic N) is 1. The minimum Gasteiger partial charge on any atom is -0.486 e. The van der Waals surface area contributed by atoms with Crippen molar-refractivity contribution in [3.8, 4) is 5.75 Å². The number of aliphatic hydroxyl groups excluding tert-OH is 1. The number of oxazole rings is 1. The van der Waals surface area contributed by atoms with Crippen LogP contribution in [0.25, 0.3) is 0 Å². The van der Waals surface area contributed by atoms with E-state index in [4.69, 9.17) is 9.15 Å². The Balaban J connectivity index is 1.07. The highest BCUT2D eigenvalue weighted by molar-refractivity contribution is 5.92. The first-order chi connectivity index (χ1) is 17.1. The van der Waals surface area contributed by atoms with Gasteiger partial charge in [-0.2, -0.15) is 0 Å². The first-order valence-corrected chi connectivity index (χ1v) is 12.0. The Hall–Kier alpha value is -3.50. The van der Waals surface area contributed by atoms with Crippen LogP contribution in [0.2, 0.25) is 0 Å². The molecule has 1 fully saturated rings. The van der Waals surface area contributed by atoms with Crippen LogP contribution < -0.4 is 15.4 Å². The molecule has 0 spiro atoms. The van der Waals surface area contributed by atoms with E-state index in [0.29, 0.717) is 36.5 Å². The zero-order chi connectivity index (χ0) is 24.0. The number of amides is 1. The zero-order valence-corrected chi connectivity index (χ0v) is 19.5. The fourth-order valence-corrected chi connectivity index (χ4v) is 4.29. The normalized spacial score (nSPS) is 16.7. The zero-order valence-electron chi connectivity index (χ0n) is 19.5. The minimum atomic E-state index is -0.681. The molecule has 1 aliphatic carbocycles. The highest BCUT2D eigenvalue weighted by atomic mass is 16.5. The number of carbonyl (C=O) groups excluding carboxylic acids is 1. The number of rotatable bonds is 10. The number of benzene rings is 1. The monoisotopic (exact) mass is 478 g/mol. The predicted molar refractivity (Wildman–Crippen MR) is 128 cm³/mol. The average Bonchev–Trinajstić information content (AvgIpc) is 3.37. The Bertz CT molecular complexity index is 1130. The molecule has 10 heteroatoms. The van der Waals surface area contributed by atoms with Crippen molar-refractivity contribution in [3.63, 3.8) is 0 Å². The average molecular weight is 479 g/mol. The van der Waals surface area contributed by atoms with Crippen LogP contribution in [0.3, 0.4) is 0 Å². The number of nitrogens with one attached hydrogen (secondary N) is 2. The molecule has 2 aliphatic rings. The third-order valence-electron chi connectivity index (χ3n) is 6.46. The van der Waals surface area contributed by atoms with Gasteiger partial charge in [0, 0.05) is 38.3 Å². The first kappa shape index (κ1) is 23.3. The number of anilines is 1. The minimum absolute atomic E-state index is 0.159. The molecule has 0 saturated heterocycles. The molecule has 0 bridgehead atoms. The van der Waals surface area contributed by atoms with E-state index in [1.54, 1.807) is 12.3 Å². The molecule has 1 atom stereocenters. The van der Waals surface area contributed by atoms with Crippen LogP contribution in [0.5, 0.6) is 5.75 Å². The van der Waals surface area contributed by atoms with Gasteiger partial charge < -0.3 is 24.9 Å². The lowest BCUT2D eigenvalue weighted by atomic mass is 9.93. The van der Waals surface area contributed by atoms with Gasteiger partial charge in [-0.25, -0.2) is 15.0 Å². The SMILES string of the molecule is O=C(NCC(O)CN1CCc2cc(OCc3cnco3)ccc2C1)c1cc(NC2CCC2)ncn1. The Morgan fingerprint density at radius 2 is 2.17 bits per heavy atom. The van der Waals surface area contributed by atoms with Gasteiger partial charge in [0.25, 0.3) is 5.91 Å². The number of carbonyl (C=O) groups is 1. The summed E-state index contributed by atoms with van der Waals surface area (Å²) >= 11 is 0. The van der Waals surface area contributed by atoms with Gasteiger partial charge in [-0.05, 0) is 48.9 Å². The van der Waals surface area contributed by atoms with E-state index < -0.39 is 6.10 Å². The summed E-state index contributed by atoms with van der Waals surface area (Å²) < 4.78 is 11.0. The Labute approximate surface area is 203 Å². The molecule has 3 heterocycles. The van der Waals surface area contributed by atoms with Crippen LogP contribution in [-0.2, 0) is 19.6 Å². The lowest BCUT2D eigenvalue weighted by molar-refractivity contribution is 0.0838. The van der Waals surface area contributed by atoms with Gasteiger partial charge in [-0.1, -0.05) is 6.07 Å². The van der Waals surface area contributed by atoms with Crippen molar-refractivity contribution >= 4 is 11.7 Å². The molecular formula is C25H30N6O4. The van der Waals surface area contributed by atoms with E-state index in [2.05, 4.69) is 42.6 Å². The highest BCUT2D eigenvalue weighted by Crippen LogP contribution is 2.25. The highest BCUT2D eigenvalue weighted by Gasteiger charge is 2.21. The van der Waals surface area contributed by atoms with E-state index in [-0.39, 0.29) is 12.5 Å². The third-order valence-corrected chi connectivity index (χ3v) is 6.46. The number of nitrogens with zero attached hydrogens (tertiary/aromatic N) is 4. The molecule has 2 aromatic heterocycles. The molecule has 184 valence electrons. The van der Waals surface area contributed by atoms with Crippen molar-refractivity contribution in [1.29, 1.82) is 0 Å². The molecule has 1 aromatic carbocycles. The maximum atomic E-state index is 12.5. The molecule has 0 radical (unpaired) electrons. The number of hydrogen-bond acceptors (Lipinski definition) is 9. The van der Waals surface area contributed by atoms with Crippen molar-refractivity contribution < 1.29 is 19.1 Å². The lowest BCUT2D eigenvalue weighted by Gasteiger charge is -2.30. The summed E-state index contributed by atoms with van der Waals surface area (Å²) in [6, 6.07) is 8.16. The van der Waals surface area contributed by atoms with Gasteiger partial charge in [0.05, 0.1) is 12.3 Å². The summed E-state index contributed by atoms with van der Waals surface area (Å²) in [7, 11) is 0. The van der Waals surface area contributed by atoms with Crippen molar-refractivity contribution in [2.45, 2.75) is 51.0 Å². The molecule has 3 aromatic rings. The summed E-state index contributed by atoms with van der Waals surface area (Å²) in [6.45, 7) is 2.54. The number of ether oxygens (including phenoxy) is 1. The number of aliphatic hydroxyl groups is 1. The van der Waals surface area contributed by atoms with Crippen LogP contribution >= 0.6 is 0 Å². The van der Waals surface area contributed by atoms with E-state index >= 15 is 0 Å². The van der Waals surface area contributed by atoms with Crippen LogP contribution in [-0.4, -0.2) is 62.6 Å². The molecule has 10 nitrogen and oxygen atoms in total. The molecular weight excluding hydrogens is 448 g/mol. The number of hydrogen-bond donors (Lipinski definition) is 3. The fourth-order valence-electron chi connectivity index (χ4n) is 4.29. The maximum Gasteiger partial charge on any atom is 0.270 e. The Morgan fingerprint density at radius 1 is 1.26 bits per heavy atom. The van der Waals surface area contributed by atoms with Gasteiger partial charge >= 0.3 is 0 Å². The molecule has 5 rings (SSSR count). The molecule has 1 saturated carbocycles. The van der Waals surface area contributed by atoms with Crippen molar-refractivity contribution in [2.24, 2.45) is 0 Å². The second-order valence-corrected chi connectivity index (χ2v) is 9.10. The maximum absolute atomic E-state index is 12.5. The largest absolute Gasteiger partial charge is 0.486 e. The van der Waals surface area contributed by atoms with Gasteiger partial charge in [0.1, 0.15) is 30.2 Å². The Kier molecular flexibility index (Phi) is 7.20. The molecule has 35 heavy (non-hydrogen) atoms. The summed E-state index contributed by atoms with van der Waals surface area (Å²) in [5.74, 6) is 1.83. The van der Waals surface area contributed by atoms with Gasteiger partial charge in [0.2, 0.25) is 0 Å². The van der Waals surface area contributed by atoms with Crippen LogP contribution in [0.1, 0.15) is 46.6 Å². The van der Waals surface area contributed by atoms with Crippen molar-refractivity contribution in [1.82, 2.24) is 25.2 Å². The Morgan fingerprint density at radius 3 is 2.97 bits per heavy atom. The van der Waals surface area contributed by atoms with Crippen LogP contribution in [0, 0.1) is 0 Å². The molecule has 3 N–H and O–H groups in total. The standard InChI is InChI=1S/C25H30N6O4/c32-20(10-27-25(33)23-9-24(29-15-28-23)30-19-2-1-3-19)13-31-7-6-17-8-21(5-4-18(17)12-31)34-14-22-11-26-16-35-22/h4-5,8-9,11,15-16,19-20,32H,1-3,6-7,10,12-14H2,(H,27,33)(H,28,29,30). The lowest BCUT2D eigenvalue weighted by Crippen LogP contribution is -2.42. The topological polar surface area (TPSA) is 126 Å². The van der Waals surface area contributed by atoms with E-state index in [0.717, 1.165) is 38.1 Å². The second kappa shape index (κ2) is 10.8. The summed E-state index contributed by atoms with van der Waals surface area (Å²) in [4.78, 5) is 26.9. The van der Waals surface area contributed by atoms with E-state index in [9.17, 15) is 9.90 Å². The van der Waals surface area contributed by atoms with Crippen molar-refractivity contribution in [2.75, 3.05) is 25.0 Å². The van der Waals surface area contributed by atoms with Gasteiger partial charge in [0.15, 0.2) is 12.2 Å². The van der Waals surface area contributed by atoms with Gasteiger partial charge in [-0.3, -0.25) is 9.69 Å². The predicted octanol–water partition coefficient (Wildman–Crippen LogP) is 2.16. The van der Waals surface area contributed by atoms with Crippen LogP contribution in [0.15, 0.2) is 47.6 Å². The van der Waals surface area contributed by atoms with Gasteiger partial charge in [-0.15, -0.1) is 0 Å². The quantitative estimate of drug-likeness (QED) is 0.402. The number of aromatic nitrogens is 3. The van der Waals surface area contributed by atoms with Crippen LogP contribution in [0.4, 0.5) is 5.82 Å². The summed E-state index contributed by atoms with van der Waals surface area (Å²) in [6.07, 6.45) is 8.07. The summed E-state index contributed by atoms with van der Waals surface area (Å²) in [5.41, 5.74) is 2.75. The third kappa shape index (κ3) is 6.14. The molecule has 1 unspecified atom stereocenters. The molecule has 1 aliphatic heterocycles. The van der Waals surface area contributed by atoms with E-state index in [1.807, 2.05) is 6.07 Å². The smallest absolute Gasteiger partial charge is 0.270 e. The van der Waals surface area contributed by atoms with E-state index in [1.165, 1.54) is 30.3 Å². The second-order valence-electron chi connectivity index (χ2n) is 9.10. The van der Waals surface area contributed by atoms with Crippen molar-refractivity contribution in [3.05, 3.63) is 65.8 Å².